The number of fused-ring (bicyclic) bond motifs is 2. The Balaban J connectivity index is 1.67. The van der Waals surface area contributed by atoms with E-state index in [1.807, 2.05) is 0 Å². The van der Waals surface area contributed by atoms with Crippen LogP contribution in [0.1, 0.15) is 32.6 Å². The van der Waals surface area contributed by atoms with Crippen LogP contribution in [-0.2, 0) is 0 Å². The third-order valence-electron chi connectivity index (χ3n) is 7.02. The summed E-state index contributed by atoms with van der Waals surface area (Å²) in [5, 5.41) is 0.784. The molecule has 0 bridgehead atoms. The lowest BCUT2D eigenvalue weighted by Crippen LogP contribution is -2.41. The number of hydrogen-bond acceptors (Lipinski definition) is 1. The van der Waals surface area contributed by atoms with Gasteiger partial charge in [0, 0.05) is 5.25 Å². The van der Waals surface area contributed by atoms with E-state index in [1.54, 1.807) is 19.3 Å². The topological polar surface area (TPSA) is 0 Å². The fourth-order valence-electron chi connectivity index (χ4n) is 6.26. The van der Waals surface area contributed by atoms with Gasteiger partial charge in [-0.1, -0.05) is 6.92 Å². The van der Waals surface area contributed by atoms with Crippen molar-refractivity contribution in [3.05, 3.63) is 0 Å². The molecule has 8 atom stereocenters. The smallest absolute Gasteiger partial charge is 0.00844 e. The predicted octanol–water partition coefficient (Wildman–Crippen LogP) is 2.99. The summed E-state index contributed by atoms with van der Waals surface area (Å²) in [5.74, 6) is 5.59. The third kappa shape index (κ3) is 0.484. The van der Waals surface area contributed by atoms with Crippen LogP contribution in [0.25, 0.3) is 0 Å². The summed E-state index contributed by atoms with van der Waals surface area (Å²) < 4.78 is 0. The van der Waals surface area contributed by atoms with Crippen molar-refractivity contribution >= 4 is 12.6 Å². The second-order valence-corrected chi connectivity index (χ2v) is 7.53. The average molecular weight is 206 g/mol. The molecule has 5 aliphatic rings. The van der Waals surface area contributed by atoms with Gasteiger partial charge in [-0.25, -0.2) is 0 Å². The van der Waals surface area contributed by atoms with E-state index in [0.717, 1.165) is 39.8 Å². The summed E-state index contributed by atoms with van der Waals surface area (Å²) >= 11 is 4.97. The SMILES string of the molecule is CC1C2CC2CC(S)C23CC2C2CC123. The van der Waals surface area contributed by atoms with Crippen molar-refractivity contribution < 1.29 is 0 Å². The molecular formula is C13H18S. The van der Waals surface area contributed by atoms with Crippen LogP contribution in [0, 0.1) is 40.4 Å². The summed E-state index contributed by atoms with van der Waals surface area (Å²) in [6.45, 7) is 2.58. The Hall–Kier alpha value is 0.350. The van der Waals surface area contributed by atoms with Crippen LogP contribution in [0.5, 0.6) is 0 Å². The van der Waals surface area contributed by atoms with Crippen molar-refractivity contribution in [2.75, 3.05) is 0 Å². The Morgan fingerprint density at radius 1 is 1.07 bits per heavy atom. The largest absolute Gasteiger partial charge is 0.175 e. The number of thiol groups is 1. The summed E-state index contributed by atoms with van der Waals surface area (Å²) in [6, 6.07) is 0. The summed E-state index contributed by atoms with van der Waals surface area (Å²) in [6.07, 6.45) is 6.17. The molecule has 5 aliphatic carbocycles. The minimum absolute atomic E-state index is 0.784. The van der Waals surface area contributed by atoms with Gasteiger partial charge in [-0.15, -0.1) is 0 Å². The molecule has 0 aromatic heterocycles. The zero-order valence-corrected chi connectivity index (χ0v) is 9.63. The maximum atomic E-state index is 4.97. The average Bonchev–Trinajstić information content (AvgIpc) is 2.99. The quantitative estimate of drug-likeness (QED) is 0.579. The molecule has 0 aliphatic heterocycles. The molecule has 8 unspecified atom stereocenters. The first-order valence-corrected chi connectivity index (χ1v) is 6.91. The van der Waals surface area contributed by atoms with Crippen LogP contribution in [0.3, 0.4) is 0 Å². The molecule has 14 heavy (non-hydrogen) atoms. The first-order chi connectivity index (χ1) is 6.72. The van der Waals surface area contributed by atoms with E-state index < -0.39 is 0 Å². The molecule has 0 heterocycles. The van der Waals surface area contributed by atoms with Crippen molar-refractivity contribution in [2.45, 2.75) is 37.9 Å². The van der Waals surface area contributed by atoms with E-state index >= 15 is 0 Å². The molecule has 2 spiro atoms. The van der Waals surface area contributed by atoms with E-state index in [0.29, 0.717) is 0 Å². The van der Waals surface area contributed by atoms with Gasteiger partial charge >= 0.3 is 0 Å². The van der Waals surface area contributed by atoms with Gasteiger partial charge in [0.05, 0.1) is 0 Å². The normalized spacial score (nSPS) is 81.0. The molecule has 5 saturated carbocycles. The lowest BCUT2D eigenvalue weighted by molar-refractivity contribution is 0.0704. The first-order valence-electron chi connectivity index (χ1n) is 6.40. The highest BCUT2D eigenvalue weighted by Crippen LogP contribution is 2.98. The molecule has 0 N–H and O–H groups in total. The van der Waals surface area contributed by atoms with Crippen molar-refractivity contribution in [2.24, 2.45) is 40.4 Å². The maximum Gasteiger partial charge on any atom is 0.00844 e. The van der Waals surface area contributed by atoms with Crippen molar-refractivity contribution in [1.82, 2.24) is 0 Å². The van der Waals surface area contributed by atoms with E-state index in [-0.39, 0.29) is 0 Å². The monoisotopic (exact) mass is 206 g/mol. The van der Waals surface area contributed by atoms with Crippen LogP contribution in [0.15, 0.2) is 0 Å². The lowest BCUT2D eigenvalue weighted by Gasteiger charge is -2.43. The zero-order chi connectivity index (χ0) is 9.29. The molecular weight excluding hydrogens is 188 g/mol. The fourth-order valence-corrected chi connectivity index (χ4v) is 7.07. The number of rotatable bonds is 0. The van der Waals surface area contributed by atoms with Gasteiger partial charge < -0.3 is 0 Å². The highest BCUT2D eigenvalue weighted by Gasteiger charge is 2.93. The standard InChI is InChI=1S/C13H18S/c1-6-8-2-7(8)3-11(14)13-5-10(13)9-4-12(6,9)13/h6-11,14H,2-5H2,1H3. The van der Waals surface area contributed by atoms with Crippen LogP contribution in [0.2, 0.25) is 0 Å². The van der Waals surface area contributed by atoms with Gasteiger partial charge in [-0.2, -0.15) is 12.6 Å². The fraction of sp³-hybridized carbons (Fsp3) is 1.00. The molecule has 1 heteroatoms. The van der Waals surface area contributed by atoms with Gasteiger partial charge in [0.15, 0.2) is 0 Å². The second kappa shape index (κ2) is 1.73. The van der Waals surface area contributed by atoms with Gasteiger partial charge in [-0.05, 0) is 66.1 Å². The molecule has 76 valence electrons. The Morgan fingerprint density at radius 3 is 2.50 bits per heavy atom. The molecule has 5 fully saturated rings. The van der Waals surface area contributed by atoms with E-state index in [1.165, 1.54) is 12.3 Å². The Kier molecular flexibility index (Phi) is 0.936. The molecule has 0 aromatic carbocycles. The van der Waals surface area contributed by atoms with Crippen LogP contribution < -0.4 is 0 Å². The van der Waals surface area contributed by atoms with Crippen molar-refractivity contribution in [1.29, 1.82) is 0 Å². The summed E-state index contributed by atoms with van der Waals surface area (Å²) in [4.78, 5) is 0. The van der Waals surface area contributed by atoms with Gasteiger partial charge in [-0.3, -0.25) is 0 Å². The maximum absolute atomic E-state index is 4.97. The lowest BCUT2D eigenvalue weighted by atomic mass is 9.63. The molecule has 0 saturated heterocycles. The molecule has 0 radical (unpaired) electrons. The molecule has 0 aromatic rings. The van der Waals surface area contributed by atoms with E-state index in [2.05, 4.69) is 6.92 Å². The number of hydrogen-bond donors (Lipinski definition) is 1. The summed E-state index contributed by atoms with van der Waals surface area (Å²) in [7, 11) is 0. The van der Waals surface area contributed by atoms with Crippen molar-refractivity contribution in [3.63, 3.8) is 0 Å². The Labute approximate surface area is 91.2 Å². The van der Waals surface area contributed by atoms with Crippen LogP contribution in [-0.4, -0.2) is 5.25 Å². The van der Waals surface area contributed by atoms with Crippen LogP contribution in [0.4, 0.5) is 0 Å². The van der Waals surface area contributed by atoms with E-state index in [9.17, 15) is 0 Å². The minimum Gasteiger partial charge on any atom is -0.175 e. The molecule has 0 nitrogen and oxygen atoms in total. The Morgan fingerprint density at radius 2 is 1.79 bits per heavy atom. The summed E-state index contributed by atoms with van der Waals surface area (Å²) in [5.41, 5.74) is 1.63. The van der Waals surface area contributed by atoms with Gasteiger partial charge in [0.1, 0.15) is 0 Å². The highest BCUT2D eigenvalue weighted by atomic mass is 32.1. The first kappa shape index (κ1) is 7.60. The zero-order valence-electron chi connectivity index (χ0n) is 8.74. The molecule has 5 rings (SSSR count). The molecule has 0 amide bonds. The predicted molar refractivity (Wildman–Crippen MR) is 59.2 cm³/mol. The highest BCUT2D eigenvalue weighted by molar-refractivity contribution is 7.81. The third-order valence-corrected chi connectivity index (χ3v) is 7.69. The van der Waals surface area contributed by atoms with Crippen LogP contribution >= 0.6 is 12.6 Å². The Bertz CT molecular complexity index is 351. The van der Waals surface area contributed by atoms with Gasteiger partial charge in [0.2, 0.25) is 0 Å². The second-order valence-electron chi connectivity index (χ2n) is 6.90. The minimum atomic E-state index is 0.784. The van der Waals surface area contributed by atoms with Gasteiger partial charge in [0.25, 0.3) is 0 Å². The van der Waals surface area contributed by atoms with Crippen molar-refractivity contribution in [3.8, 4) is 0 Å². The van der Waals surface area contributed by atoms with E-state index in [4.69, 9.17) is 12.6 Å².